The summed E-state index contributed by atoms with van der Waals surface area (Å²) in [6, 6.07) is 18.9. The molecule has 2 amide bonds. The zero-order chi connectivity index (χ0) is 38.1. The number of nitriles is 1. The van der Waals surface area contributed by atoms with Gasteiger partial charge in [-0.15, -0.1) is 15.3 Å². The largest absolute Gasteiger partial charge is 0.353 e. The van der Waals surface area contributed by atoms with E-state index in [0.717, 1.165) is 48.6 Å². The summed E-state index contributed by atoms with van der Waals surface area (Å²) in [5, 5.41) is 30.9. The van der Waals surface area contributed by atoms with E-state index in [1.54, 1.807) is 43.3 Å². The van der Waals surface area contributed by atoms with Gasteiger partial charge in [0.15, 0.2) is 17.3 Å². The number of aromatic nitrogens is 4. The Kier molecular flexibility index (Phi) is 14.1. The van der Waals surface area contributed by atoms with Crippen LogP contribution in [0.5, 0.6) is 0 Å². The van der Waals surface area contributed by atoms with Gasteiger partial charge in [0, 0.05) is 43.8 Å². The number of anilines is 2. The Balaban J connectivity index is 0.000000236. The Morgan fingerprint density at radius 3 is 1.91 bits per heavy atom. The number of rotatable bonds is 10. The number of allylic oxidation sites excluding steroid dienone is 2. The summed E-state index contributed by atoms with van der Waals surface area (Å²) in [5.41, 5.74) is 4.83. The predicted molar refractivity (Wildman–Crippen MR) is 207 cm³/mol. The molecule has 2 aliphatic rings. The molecule has 11 nitrogen and oxygen atoms in total. The minimum Gasteiger partial charge on any atom is -0.353 e. The van der Waals surface area contributed by atoms with Crippen molar-refractivity contribution in [3.8, 4) is 6.07 Å². The van der Waals surface area contributed by atoms with Crippen LogP contribution >= 0.6 is 0 Å². The monoisotopic (exact) mass is 735 g/mol. The number of nitrogens with one attached hydrogen (secondary N) is 2. The van der Waals surface area contributed by atoms with Gasteiger partial charge < -0.3 is 20.4 Å². The van der Waals surface area contributed by atoms with Crippen LogP contribution in [0.4, 0.5) is 20.4 Å². The molecule has 0 radical (unpaired) electrons. The summed E-state index contributed by atoms with van der Waals surface area (Å²) in [6.45, 7) is 15.9. The fourth-order valence-corrected chi connectivity index (χ4v) is 6.17. The second-order valence-corrected chi connectivity index (χ2v) is 13.5. The maximum Gasteiger partial charge on any atom is 0.224 e. The number of hydrogen-bond acceptors (Lipinski definition) is 9. The molecular weight excluding hydrogens is 689 g/mol. The summed E-state index contributed by atoms with van der Waals surface area (Å²) in [5.74, 6) is 0.448. The second-order valence-electron chi connectivity index (χ2n) is 13.5. The van der Waals surface area contributed by atoms with Gasteiger partial charge in [-0.25, -0.2) is 8.78 Å². The lowest BCUT2D eigenvalue weighted by Crippen LogP contribution is -2.38. The number of carbonyl (C=O) groups excluding carboxylic acids is 2. The zero-order valence-corrected chi connectivity index (χ0v) is 30.2. The van der Waals surface area contributed by atoms with Gasteiger partial charge in [0.05, 0.1) is 18.5 Å². The second kappa shape index (κ2) is 18.6. The van der Waals surface area contributed by atoms with Gasteiger partial charge in [-0.2, -0.15) is 10.4 Å². The van der Waals surface area contributed by atoms with E-state index in [1.165, 1.54) is 12.1 Å². The number of nitrogens with zero attached hydrogens (tertiary/aromatic N) is 7. The van der Waals surface area contributed by atoms with Gasteiger partial charge in [-0.05, 0) is 92.3 Å². The molecule has 2 saturated heterocycles. The lowest BCUT2D eigenvalue weighted by Gasteiger charge is -2.17. The Labute approximate surface area is 315 Å². The van der Waals surface area contributed by atoms with E-state index in [2.05, 4.69) is 49.1 Å². The third-order valence-electron chi connectivity index (χ3n) is 9.06. The van der Waals surface area contributed by atoms with Crippen molar-refractivity contribution < 1.29 is 18.4 Å². The van der Waals surface area contributed by atoms with E-state index in [9.17, 15) is 18.4 Å². The minimum atomic E-state index is -0.372. The fraction of sp³-hybridized carbons (Fsp3) is 0.341. The summed E-state index contributed by atoms with van der Waals surface area (Å²) >= 11 is 0. The first-order valence-electron chi connectivity index (χ1n) is 17.4. The third-order valence-corrected chi connectivity index (χ3v) is 9.06. The van der Waals surface area contributed by atoms with Crippen molar-refractivity contribution in [2.24, 2.45) is 0 Å². The van der Waals surface area contributed by atoms with E-state index < -0.39 is 0 Å². The van der Waals surface area contributed by atoms with Gasteiger partial charge in [0.1, 0.15) is 17.7 Å². The van der Waals surface area contributed by atoms with Gasteiger partial charge in [-0.1, -0.05) is 50.4 Å². The molecule has 6 rings (SSSR count). The van der Waals surface area contributed by atoms with Gasteiger partial charge >= 0.3 is 0 Å². The Morgan fingerprint density at radius 1 is 0.796 bits per heavy atom. The number of halogens is 2. The smallest absolute Gasteiger partial charge is 0.224 e. The molecule has 2 aliphatic heterocycles. The van der Waals surface area contributed by atoms with Crippen LogP contribution in [0.1, 0.15) is 67.8 Å². The highest BCUT2D eigenvalue weighted by atomic mass is 19.1. The number of hydrogen-bond donors (Lipinski definition) is 2. The van der Waals surface area contributed by atoms with Crippen LogP contribution < -0.4 is 20.4 Å². The first-order valence-corrected chi connectivity index (χ1v) is 17.4. The quantitative estimate of drug-likeness (QED) is 0.201. The predicted octanol–water partition coefficient (Wildman–Crippen LogP) is 5.99. The molecule has 0 saturated carbocycles. The van der Waals surface area contributed by atoms with Gasteiger partial charge in [0.2, 0.25) is 11.8 Å². The average Bonchev–Trinajstić information content (AvgIpc) is 3.79. The Bertz CT molecular complexity index is 2010. The molecule has 13 heteroatoms. The molecular formula is C41H47F2N9O2. The first kappa shape index (κ1) is 40.7. The van der Waals surface area contributed by atoms with Crippen molar-refractivity contribution >= 4 is 34.6 Å². The van der Waals surface area contributed by atoms with Crippen LogP contribution in [0.2, 0.25) is 0 Å². The van der Waals surface area contributed by atoms with Crippen LogP contribution in [0, 0.1) is 29.9 Å². The molecule has 0 bridgehead atoms. The van der Waals surface area contributed by atoms with E-state index in [0.29, 0.717) is 41.2 Å². The normalized spacial score (nSPS) is 16.0. The SMILES string of the molecule is C.C=C(C)c1ccc(CC(=O)N[C@H]2CCN(c3ccc(C#N)nn3)C2)cc1F.C=C(C)c1ccc(CC(=O)N[C@H]2CCN(c3ccc(C)nn3)C2)c(F)c1. The molecule has 2 atom stereocenters. The van der Waals surface area contributed by atoms with Gasteiger partial charge in [0.25, 0.3) is 0 Å². The first-order chi connectivity index (χ1) is 25.4. The summed E-state index contributed by atoms with van der Waals surface area (Å²) < 4.78 is 28.2. The third kappa shape index (κ3) is 11.0. The molecule has 4 heterocycles. The molecule has 2 N–H and O–H groups in total. The molecule has 0 spiro atoms. The average molecular weight is 736 g/mol. The van der Waals surface area contributed by atoms with Crippen molar-refractivity contribution in [3.63, 3.8) is 0 Å². The van der Waals surface area contributed by atoms with E-state index in [1.807, 2.05) is 36.9 Å². The maximum atomic E-state index is 14.2. The van der Waals surface area contributed by atoms with Crippen molar-refractivity contribution in [1.82, 2.24) is 31.0 Å². The van der Waals surface area contributed by atoms with Crippen molar-refractivity contribution in [3.05, 3.63) is 119 Å². The van der Waals surface area contributed by atoms with Gasteiger partial charge in [-0.3, -0.25) is 9.59 Å². The summed E-state index contributed by atoms with van der Waals surface area (Å²) in [6.07, 6.45) is 1.78. The highest BCUT2D eigenvalue weighted by Crippen LogP contribution is 2.21. The zero-order valence-electron chi connectivity index (χ0n) is 30.2. The van der Waals surface area contributed by atoms with Crippen LogP contribution in [-0.4, -0.2) is 70.5 Å². The lowest BCUT2D eigenvalue weighted by molar-refractivity contribution is -0.121. The van der Waals surface area contributed by atoms with Crippen molar-refractivity contribution in [2.45, 2.75) is 66.0 Å². The minimum absolute atomic E-state index is 0. The number of benzene rings is 2. The standard InChI is InChI=1S/C20H20FN5O.C20H23FN4O.CH4/c1-13(2)17-5-3-14(9-18(17)21)10-20(27)23-16-7-8-26(12-16)19-6-4-15(11-22)24-25-19;1-13(2)15-5-6-16(18(21)10-15)11-20(26)22-17-8-9-25(12-17)19-7-4-14(3)23-24-19;/h3-6,9,16H,1,7-8,10,12H2,2H3,(H,23,27);4-7,10,17H,1,8-9,11-12H2,2-3H3,(H,22,26);1H4/t16-;17-;/m00./s1. The van der Waals surface area contributed by atoms with E-state index in [-0.39, 0.29) is 61.5 Å². The molecule has 0 unspecified atom stereocenters. The highest BCUT2D eigenvalue weighted by molar-refractivity contribution is 5.80. The molecule has 282 valence electrons. The number of carbonyl (C=O) groups is 2. The summed E-state index contributed by atoms with van der Waals surface area (Å²) in [4.78, 5) is 28.7. The van der Waals surface area contributed by atoms with Crippen LogP contribution in [0.3, 0.4) is 0 Å². The van der Waals surface area contributed by atoms with Crippen molar-refractivity contribution in [1.29, 1.82) is 5.26 Å². The molecule has 54 heavy (non-hydrogen) atoms. The van der Waals surface area contributed by atoms with Crippen LogP contribution in [0.15, 0.2) is 73.8 Å². The maximum absolute atomic E-state index is 14.2. The topological polar surface area (TPSA) is 140 Å². The van der Waals surface area contributed by atoms with Crippen LogP contribution in [-0.2, 0) is 22.4 Å². The summed E-state index contributed by atoms with van der Waals surface area (Å²) in [7, 11) is 0. The van der Waals surface area contributed by atoms with Crippen molar-refractivity contribution in [2.75, 3.05) is 36.0 Å². The number of aryl methyl sites for hydroxylation is 1. The highest BCUT2D eigenvalue weighted by Gasteiger charge is 2.26. The number of amides is 2. The van der Waals surface area contributed by atoms with Crippen LogP contribution in [0.25, 0.3) is 11.1 Å². The fourth-order valence-electron chi connectivity index (χ4n) is 6.17. The Morgan fingerprint density at radius 2 is 1.41 bits per heavy atom. The van der Waals surface area contributed by atoms with E-state index in [4.69, 9.17) is 5.26 Å². The lowest BCUT2D eigenvalue weighted by atomic mass is 10.0. The molecule has 2 aromatic carbocycles. The molecule has 0 aliphatic carbocycles. The Hall–Kier alpha value is -6.03. The molecule has 4 aromatic rings. The molecule has 2 aromatic heterocycles. The molecule has 2 fully saturated rings. The van der Waals surface area contributed by atoms with E-state index >= 15 is 0 Å².